The molecule has 3 aliphatic rings. The number of rotatable bonds is 5. The van der Waals surface area contributed by atoms with Crippen LogP contribution in [0.1, 0.15) is 5.56 Å². The van der Waals surface area contributed by atoms with Crippen LogP contribution in [-0.4, -0.2) is 69.9 Å². The number of benzene rings is 1. The van der Waals surface area contributed by atoms with Gasteiger partial charge in [-0.3, -0.25) is 4.79 Å². The lowest BCUT2D eigenvalue weighted by molar-refractivity contribution is -0.164. The summed E-state index contributed by atoms with van der Waals surface area (Å²) in [6, 6.07) is 6.85. The highest BCUT2D eigenvalue weighted by molar-refractivity contribution is 7.88. The fraction of sp³-hybridized carbons (Fsp3) is 0.450. The average molecular weight is 420 g/mol. The minimum atomic E-state index is -3.43. The van der Waals surface area contributed by atoms with Crippen LogP contribution in [0.25, 0.3) is 0 Å². The van der Waals surface area contributed by atoms with E-state index in [1.807, 2.05) is 24.3 Å². The molecule has 9 heteroatoms. The molecule has 1 N–H and O–H groups in total. The topological polar surface area (TPSA) is 94.2 Å². The van der Waals surface area contributed by atoms with Gasteiger partial charge in [-0.15, -0.1) is 0 Å². The number of sulfonamides is 1. The lowest BCUT2D eigenvalue weighted by atomic mass is 10.1. The van der Waals surface area contributed by atoms with Crippen molar-refractivity contribution >= 4 is 21.6 Å². The summed E-state index contributed by atoms with van der Waals surface area (Å²) in [7, 11) is -3.43. The Balaban J connectivity index is 1.38. The van der Waals surface area contributed by atoms with Gasteiger partial charge < -0.3 is 19.5 Å². The summed E-state index contributed by atoms with van der Waals surface area (Å²) in [6.45, 7) is 1.71. The minimum absolute atomic E-state index is 0.124. The summed E-state index contributed by atoms with van der Waals surface area (Å²) in [6.07, 6.45) is 6.34. The van der Waals surface area contributed by atoms with Crippen molar-refractivity contribution in [1.82, 2.24) is 4.31 Å². The van der Waals surface area contributed by atoms with Crippen molar-refractivity contribution in [1.29, 1.82) is 0 Å². The molecule has 2 saturated heterocycles. The van der Waals surface area contributed by atoms with Crippen LogP contribution in [0.5, 0.6) is 0 Å². The van der Waals surface area contributed by atoms with Crippen LogP contribution in [-0.2, 0) is 34.8 Å². The molecule has 29 heavy (non-hydrogen) atoms. The maximum Gasteiger partial charge on any atom is 0.255 e. The molecule has 156 valence electrons. The molecule has 1 amide bonds. The maximum absolute atomic E-state index is 12.6. The summed E-state index contributed by atoms with van der Waals surface area (Å²) >= 11 is 0. The van der Waals surface area contributed by atoms with Gasteiger partial charge in [0.1, 0.15) is 12.2 Å². The first-order valence-electron chi connectivity index (χ1n) is 9.59. The smallest absolute Gasteiger partial charge is 0.255 e. The standard InChI is InChI=1S/C20H24N2O6S/c23-20(19-13-27-17-6-1-2-7-18(17)28-19)21-16-5-3-4-15(12-16)14-29(24,25)22-8-10-26-11-9-22/h1-7,12,17-19H,8-11,13-14H2,(H,21,23)/t17-,18-,19-/m0/s1. The first kappa shape index (κ1) is 20.2. The van der Waals surface area contributed by atoms with Crippen molar-refractivity contribution < 1.29 is 27.4 Å². The molecule has 0 radical (unpaired) electrons. The van der Waals surface area contributed by atoms with Crippen LogP contribution in [0.15, 0.2) is 48.6 Å². The molecule has 0 spiro atoms. The second-order valence-corrected chi connectivity index (χ2v) is 9.08. The van der Waals surface area contributed by atoms with Gasteiger partial charge in [0.25, 0.3) is 5.91 Å². The molecule has 1 aromatic rings. The summed E-state index contributed by atoms with van der Waals surface area (Å²) in [5.74, 6) is -0.444. The van der Waals surface area contributed by atoms with Gasteiger partial charge in [-0.25, -0.2) is 8.42 Å². The van der Waals surface area contributed by atoms with Crippen molar-refractivity contribution in [2.45, 2.75) is 24.1 Å². The molecule has 3 atom stereocenters. The number of ether oxygens (including phenoxy) is 3. The molecule has 0 saturated carbocycles. The van der Waals surface area contributed by atoms with Crippen LogP contribution < -0.4 is 5.32 Å². The van der Waals surface area contributed by atoms with Gasteiger partial charge in [0.05, 0.1) is 25.6 Å². The third-order valence-electron chi connectivity index (χ3n) is 5.00. The summed E-state index contributed by atoms with van der Waals surface area (Å²) < 4.78 is 43.4. The number of amides is 1. The van der Waals surface area contributed by atoms with Gasteiger partial charge in [-0.2, -0.15) is 4.31 Å². The first-order valence-corrected chi connectivity index (χ1v) is 11.2. The number of nitrogens with zero attached hydrogens (tertiary/aromatic N) is 1. The summed E-state index contributed by atoms with van der Waals surface area (Å²) in [4.78, 5) is 12.6. The highest BCUT2D eigenvalue weighted by atomic mass is 32.2. The Bertz CT molecular complexity index is 907. The van der Waals surface area contributed by atoms with Crippen LogP contribution in [0.4, 0.5) is 5.69 Å². The SMILES string of the molecule is O=C(Nc1cccc(CS(=O)(=O)N2CCOCC2)c1)[C@@H]1CO[C@H]2C=CC=C[C@@H]2O1. The largest absolute Gasteiger partial charge is 0.379 e. The van der Waals surface area contributed by atoms with Crippen LogP contribution in [0.2, 0.25) is 0 Å². The van der Waals surface area contributed by atoms with Crippen molar-refractivity contribution in [3.63, 3.8) is 0 Å². The summed E-state index contributed by atoms with van der Waals surface area (Å²) in [5, 5.41) is 2.80. The number of allylic oxidation sites excluding steroid dienone is 2. The van der Waals surface area contributed by atoms with E-state index in [1.165, 1.54) is 4.31 Å². The van der Waals surface area contributed by atoms with E-state index in [0.717, 1.165) is 0 Å². The first-order chi connectivity index (χ1) is 14.0. The Kier molecular flexibility index (Phi) is 6.12. The molecule has 2 heterocycles. The zero-order valence-corrected chi connectivity index (χ0v) is 16.7. The fourth-order valence-electron chi connectivity index (χ4n) is 3.49. The van der Waals surface area contributed by atoms with Crippen LogP contribution in [0.3, 0.4) is 0 Å². The van der Waals surface area contributed by atoms with E-state index in [4.69, 9.17) is 14.2 Å². The Morgan fingerprint density at radius 1 is 1.14 bits per heavy atom. The number of hydrogen-bond acceptors (Lipinski definition) is 6. The predicted octanol–water partition coefficient (Wildman–Crippen LogP) is 1.07. The molecule has 1 aliphatic carbocycles. The summed E-state index contributed by atoms with van der Waals surface area (Å²) in [5.41, 5.74) is 1.13. The Labute approximate surface area is 170 Å². The molecule has 4 rings (SSSR count). The van der Waals surface area contributed by atoms with E-state index >= 15 is 0 Å². The van der Waals surface area contributed by atoms with Gasteiger partial charge in [0.2, 0.25) is 10.0 Å². The third kappa shape index (κ3) is 4.93. The van der Waals surface area contributed by atoms with Crippen molar-refractivity contribution in [3.8, 4) is 0 Å². The lowest BCUT2D eigenvalue weighted by Gasteiger charge is -2.34. The minimum Gasteiger partial charge on any atom is -0.379 e. The van der Waals surface area contributed by atoms with E-state index in [9.17, 15) is 13.2 Å². The quantitative estimate of drug-likeness (QED) is 0.766. The van der Waals surface area contributed by atoms with Gasteiger partial charge in [0, 0.05) is 18.8 Å². The Morgan fingerprint density at radius 3 is 2.69 bits per heavy atom. The van der Waals surface area contributed by atoms with E-state index in [0.29, 0.717) is 37.6 Å². The molecule has 0 aromatic heterocycles. The van der Waals surface area contributed by atoms with Gasteiger partial charge in [0.15, 0.2) is 6.10 Å². The number of fused-ring (bicyclic) bond motifs is 1. The Hall–Kier alpha value is -2.04. The Morgan fingerprint density at radius 2 is 1.90 bits per heavy atom. The molecule has 2 fully saturated rings. The van der Waals surface area contributed by atoms with Crippen molar-refractivity contribution in [2.24, 2.45) is 0 Å². The number of carbonyl (C=O) groups excluding carboxylic acids is 1. The molecule has 1 aromatic carbocycles. The second-order valence-electron chi connectivity index (χ2n) is 7.11. The molecule has 0 bridgehead atoms. The highest BCUT2D eigenvalue weighted by Crippen LogP contribution is 2.22. The van der Waals surface area contributed by atoms with E-state index in [2.05, 4.69) is 5.32 Å². The van der Waals surface area contributed by atoms with E-state index < -0.39 is 16.1 Å². The number of nitrogens with one attached hydrogen (secondary N) is 1. The number of morpholine rings is 1. The monoisotopic (exact) mass is 420 g/mol. The highest BCUT2D eigenvalue weighted by Gasteiger charge is 2.33. The number of hydrogen-bond donors (Lipinski definition) is 1. The lowest BCUT2D eigenvalue weighted by Crippen LogP contribution is -2.47. The molecule has 2 aliphatic heterocycles. The number of carbonyl (C=O) groups is 1. The van der Waals surface area contributed by atoms with Gasteiger partial charge in [-0.1, -0.05) is 36.4 Å². The van der Waals surface area contributed by atoms with E-state index in [1.54, 1.807) is 24.3 Å². The van der Waals surface area contributed by atoms with E-state index in [-0.39, 0.29) is 30.5 Å². The molecule has 8 nitrogen and oxygen atoms in total. The molecular weight excluding hydrogens is 396 g/mol. The second kappa shape index (κ2) is 8.76. The molecule has 0 unspecified atom stereocenters. The van der Waals surface area contributed by atoms with Crippen LogP contribution >= 0.6 is 0 Å². The number of anilines is 1. The predicted molar refractivity (Wildman–Crippen MR) is 107 cm³/mol. The van der Waals surface area contributed by atoms with Crippen LogP contribution in [0, 0.1) is 0 Å². The van der Waals surface area contributed by atoms with Gasteiger partial charge in [-0.05, 0) is 17.7 Å². The van der Waals surface area contributed by atoms with Gasteiger partial charge >= 0.3 is 0 Å². The maximum atomic E-state index is 12.6. The van der Waals surface area contributed by atoms with Crippen molar-refractivity contribution in [2.75, 3.05) is 38.2 Å². The van der Waals surface area contributed by atoms with Crippen molar-refractivity contribution in [3.05, 3.63) is 54.1 Å². The third-order valence-corrected chi connectivity index (χ3v) is 6.85. The molecular formula is C20H24N2O6S. The normalized spacial score (nSPS) is 27.4. The average Bonchev–Trinajstić information content (AvgIpc) is 2.74. The fourth-order valence-corrected chi connectivity index (χ4v) is 4.98. The zero-order chi connectivity index (χ0) is 20.3. The zero-order valence-electron chi connectivity index (χ0n) is 15.9.